The highest BCUT2D eigenvalue weighted by Crippen LogP contribution is 2.66. The van der Waals surface area contributed by atoms with E-state index in [1.165, 1.54) is 18.2 Å². The molecule has 33 heavy (non-hydrogen) atoms. The molecule has 0 aliphatic carbocycles. The van der Waals surface area contributed by atoms with Crippen LogP contribution in [0.4, 0.5) is 10.2 Å². The van der Waals surface area contributed by atoms with Gasteiger partial charge < -0.3 is 35.2 Å². The number of aliphatic hydroxyl groups is 1. The normalized spacial score (nSPS) is 29.4. The van der Waals surface area contributed by atoms with Crippen LogP contribution in [0.15, 0.2) is 18.5 Å². The average Bonchev–Trinajstić information content (AvgIpc) is 3.19. The van der Waals surface area contributed by atoms with E-state index in [2.05, 4.69) is 23.2 Å². The molecule has 0 bridgehead atoms. The first kappa shape index (κ1) is 25.8. The number of alkyl halides is 1. The van der Waals surface area contributed by atoms with Crippen molar-refractivity contribution in [2.45, 2.75) is 24.0 Å². The molecule has 1 aliphatic rings. The van der Waals surface area contributed by atoms with Crippen molar-refractivity contribution in [2.24, 2.45) is 0 Å². The first-order valence-corrected chi connectivity index (χ1v) is 12.9. The summed E-state index contributed by atoms with van der Waals surface area (Å²) in [5, 5.41) is 23.6. The van der Waals surface area contributed by atoms with Crippen molar-refractivity contribution in [3.8, 4) is 6.07 Å². The van der Waals surface area contributed by atoms with Crippen molar-refractivity contribution in [2.75, 3.05) is 12.3 Å². The zero-order valence-corrected chi connectivity index (χ0v) is 18.5. The molecule has 0 amide bonds. The van der Waals surface area contributed by atoms with Crippen molar-refractivity contribution < 1.29 is 60.6 Å². The summed E-state index contributed by atoms with van der Waals surface area (Å²) >= 11 is 0. The van der Waals surface area contributed by atoms with E-state index in [0.29, 0.717) is 0 Å². The molecule has 1 saturated heterocycles. The summed E-state index contributed by atoms with van der Waals surface area (Å²) in [6, 6.07) is 4.13. The van der Waals surface area contributed by atoms with Crippen LogP contribution in [0, 0.1) is 11.3 Å². The lowest BCUT2D eigenvalue weighted by atomic mass is 9.97. The van der Waals surface area contributed by atoms with E-state index >= 15 is 0 Å². The fraction of sp³-hybridized carbons (Fsp3) is 0.417. The van der Waals surface area contributed by atoms with E-state index in [1.807, 2.05) is 0 Å². The summed E-state index contributed by atoms with van der Waals surface area (Å²) in [5.41, 5.74) is 3.30. The Labute approximate surface area is 182 Å². The second-order valence-corrected chi connectivity index (χ2v) is 10.9. The smallest absolute Gasteiger partial charge is 0.386 e. The Bertz CT molecular complexity index is 1250. The molecule has 17 nitrogen and oxygen atoms in total. The van der Waals surface area contributed by atoms with Gasteiger partial charge in [-0.15, -0.1) is 0 Å². The SMILES string of the molecule is N#C[C@]1(COP(=O)(O)OP(=O)(O)OP(=O)(O)O)O[C@@H](c2ccc3c(N)ncnn23)[C@H](F)[C@@H]1O. The van der Waals surface area contributed by atoms with Crippen molar-refractivity contribution in [3.05, 3.63) is 24.2 Å². The van der Waals surface area contributed by atoms with Crippen LogP contribution in [-0.4, -0.2) is 63.8 Å². The highest BCUT2D eigenvalue weighted by molar-refractivity contribution is 7.66. The summed E-state index contributed by atoms with van der Waals surface area (Å²) in [7, 11) is -17.1. The number of nitrogen functional groups attached to an aromatic ring is 1. The number of aliphatic hydroxyl groups excluding tert-OH is 1. The van der Waals surface area contributed by atoms with Gasteiger partial charge in [0, 0.05) is 0 Å². The molecule has 3 rings (SSSR count). The standard InChI is InChI=1S/C12H15FN5O12P3/c13-8-9(6-1-2-7-11(15)16-5-17-18(6)7)28-12(3-14,10(8)19)4-27-32(23,24)30-33(25,26)29-31(20,21)22/h1-2,5,8-10,19H,4H2,(H,23,24)(H,25,26)(H2,15,16,17)(H2,20,21,22)/t8-,9-,10-,12+/m0/s1. The molecule has 0 aromatic carbocycles. The lowest BCUT2D eigenvalue weighted by Crippen LogP contribution is -2.44. The molecule has 0 radical (unpaired) electrons. The van der Waals surface area contributed by atoms with Gasteiger partial charge in [0.25, 0.3) is 0 Å². The Morgan fingerprint density at radius 3 is 2.52 bits per heavy atom. The third-order valence-corrected chi connectivity index (χ3v) is 8.04. The number of aromatic nitrogens is 3. The van der Waals surface area contributed by atoms with Crippen molar-refractivity contribution in [3.63, 3.8) is 0 Å². The monoisotopic (exact) mass is 533 g/mol. The molecule has 1 fully saturated rings. The van der Waals surface area contributed by atoms with Gasteiger partial charge in [-0.2, -0.15) is 19.0 Å². The lowest BCUT2D eigenvalue weighted by molar-refractivity contribution is -0.0729. The second-order valence-electron chi connectivity index (χ2n) is 6.49. The highest BCUT2D eigenvalue weighted by atomic mass is 31.3. The summed E-state index contributed by atoms with van der Waals surface area (Å²) in [6.07, 6.45) is -5.15. The predicted molar refractivity (Wildman–Crippen MR) is 100 cm³/mol. The average molecular weight is 533 g/mol. The number of rotatable bonds is 8. The molecule has 0 spiro atoms. The Hall–Kier alpha value is -1.83. The minimum absolute atomic E-state index is 0.0129. The van der Waals surface area contributed by atoms with Crippen molar-refractivity contribution in [1.29, 1.82) is 5.26 Å². The number of phosphoric ester groups is 1. The molecule has 2 unspecified atom stereocenters. The van der Waals surface area contributed by atoms with Gasteiger partial charge in [0.15, 0.2) is 12.0 Å². The highest BCUT2D eigenvalue weighted by Gasteiger charge is 2.58. The number of hydrogen-bond donors (Lipinski definition) is 6. The van der Waals surface area contributed by atoms with Crippen molar-refractivity contribution >= 4 is 34.8 Å². The van der Waals surface area contributed by atoms with E-state index in [9.17, 15) is 33.3 Å². The van der Waals surface area contributed by atoms with E-state index < -0.39 is 54.1 Å². The molecule has 1 aliphatic heterocycles. The molecule has 0 saturated carbocycles. The van der Waals surface area contributed by atoms with Crippen LogP contribution in [0.25, 0.3) is 5.52 Å². The number of fused-ring (bicyclic) bond motifs is 1. The number of hydrogen-bond acceptors (Lipinski definition) is 12. The Morgan fingerprint density at radius 2 is 1.91 bits per heavy atom. The van der Waals surface area contributed by atoms with Crippen LogP contribution in [-0.2, 0) is 31.6 Å². The van der Waals surface area contributed by atoms with Crippen LogP contribution in [0.2, 0.25) is 0 Å². The van der Waals surface area contributed by atoms with Crippen LogP contribution in [0.1, 0.15) is 11.8 Å². The van der Waals surface area contributed by atoms with Crippen LogP contribution in [0.3, 0.4) is 0 Å². The molecular weight excluding hydrogens is 518 g/mol. The van der Waals surface area contributed by atoms with E-state index in [0.717, 1.165) is 10.8 Å². The van der Waals surface area contributed by atoms with E-state index in [4.69, 9.17) is 25.2 Å². The maximum atomic E-state index is 14.9. The number of nitriles is 1. The van der Waals surface area contributed by atoms with Gasteiger partial charge in [-0.05, 0) is 12.1 Å². The fourth-order valence-corrected chi connectivity index (χ4v) is 5.97. The molecule has 2 aromatic rings. The first-order chi connectivity index (χ1) is 15.1. The summed E-state index contributed by atoms with van der Waals surface area (Å²) in [5.74, 6) is 0.0319. The van der Waals surface area contributed by atoms with E-state index in [1.54, 1.807) is 0 Å². The van der Waals surface area contributed by atoms with Gasteiger partial charge in [-0.3, -0.25) is 4.52 Å². The number of ether oxygens (including phenoxy) is 1. The molecule has 6 atom stereocenters. The Kier molecular flexibility index (Phi) is 6.84. The van der Waals surface area contributed by atoms with Crippen LogP contribution >= 0.6 is 23.5 Å². The maximum absolute atomic E-state index is 14.9. The molecule has 21 heteroatoms. The third-order valence-electron chi connectivity index (χ3n) is 4.26. The van der Waals surface area contributed by atoms with Gasteiger partial charge in [0.2, 0.25) is 5.60 Å². The quantitative estimate of drug-likeness (QED) is 0.237. The summed E-state index contributed by atoms with van der Waals surface area (Å²) < 4.78 is 66.7. The van der Waals surface area contributed by atoms with Gasteiger partial charge in [-0.25, -0.2) is 27.6 Å². The number of anilines is 1. The first-order valence-electron chi connectivity index (χ1n) is 8.37. The summed E-state index contributed by atoms with van der Waals surface area (Å²) in [4.78, 5) is 39.5. The number of nitrogens with zero attached hydrogens (tertiary/aromatic N) is 4. The van der Waals surface area contributed by atoms with Gasteiger partial charge in [0.05, 0.1) is 5.69 Å². The minimum Gasteiger partial charge on any atom is -0.386 e. The number of nitrogens with two attached hydrogens (primary N) is 1. The summed E-state index contributed by atoms with van der Waals surface area (Å²) in [6.45, 7) is -1.38. The molecular formula is C12H15FN5O12P3. The van der Waals surface area contributed by atoms with E-state index in [-0.39, 0.29) is 17.0 Å². The van der Waals surface area contributed by atoms with Gasteiger partial charge in [-0.1, -0.05) is 0 Å². The minimum atomic E-state index is -5.83. The Morgan fingerprint density at radius 1 is 1.24 bits per heavy atom. The molecule has 3 heterocycles. The number of phosphoric acid groups is 3. The molecule has 182 valence electrons. The second kappa shape index (κ2) is 8.75. The molecule has 7 N–H and O–H groups in total. The third kappa shape index (κ3) is 5.47. The maximum Gasteiger partial charge on any atom is 0.490 e. The fourth-order valence-electron chi connectivity index (χ4n) is 2.92. The topological polar surface area (TPSA) is 269 Å². The predicted octanol–water partition coefficient (Wildman–Crippen LogP) is -0.313. The zero-order chi connectivity index (χ0) is 24.8. The lowest BCUT2D eigenvalue weighted by Gasteiger charge is -2.25. The molecule has 2 aromatic heterocycles. The van der Waals surface area contributed by atoms with Crippen molar-refractivity contribution in [1.82, 2.24) is 14.6 Å². The Balaban J connectivity index is 1.81. The zero-order valence-electron chi connectivity index (χ0n) is 15.9. The largest absolute Gasteiger partial charge is 0.490 e. The van der Waals surface area contributed by atoms with Gasteiger partial charge in [0.1, 0.15) is 36.7 Å². The van der Waals surface area contributed by atoms with Crippen LogP contribution < -0.4 is 5.73 Å². The van der Waals surface area contributed by atoms with Crippen LogP contribution in [0.5, 0.6) is 0 Å². The van der Waals surface area contributed by atoms with Gasteiger partial charge >= 0.3 is 23.5 Å². The number of halogens is 1.